The van der Waals surface area contributed by atoms with Crippen molar-refractivity contribution in [3.05, 3.63) is 63.7 Å². The van der Waals surface area contributed by atoms with E-state index in [1.807, 2.05) is 31.2 Å². The second-order valence-electron chi connectivity index (χ2n) is 10.1. The predicted octanol–water partition coefficient (Wildman–Crippen LogP) is 3.93. The Balaban J connectivity index is 2.01. The van der Waals surface area contributed by atoms with Crippen molar-refractivity contribution in [3.63, 3.8) is 0 Å². The van der Waals surface area contributed by atoms with E-state index in [4.69, 9.17) is 4.74 Å². The van der Waals surface area contributed by atoms with Crippen molar-refractivity contribution < 1.29 is 27.7 Å². The van der Waals surface area contributed by atoms with E-state index in [9.17, 15) is 28.1 Å². The molecule has 1 fully saturated rings. The first kappa shape index (κ1) is 30.9. The summed E-state index contributed by atoms with van der Waals surface area (Å²) in [5.74, 6) is -0.848. The maximum absolute atomic E-state index is 14.0. The first-order chi connectivity index (χ1) is 19.0. The number of hydrogen-bond acceptors (Lipinski definition) is 7. The number of non-ortho nitro benzene ring substituents is 1. The highest BCUT2D eigenvalue weighted by Gasteiger charge is 2.34. The average molecular weight is 575 g/mol. The molecule has 1 saturated carbocycles. The smallest absolute Gasteiger partial charge is 0.271 e. The summed E-state index contributed by atoms with van der Waals surface area (Å²) in [5.41, 5.74) is 1.25. The summed E-state index contributed by atoms with van der Waals surface area (Å²) in [4.78, 5) is 39.7. The minimum atomic E-state index is -4.10. The van der Waals surface area contributed by atoms with Gasteiger partial charge >= 0.3 is 0 Å². The Kier molecular flexibility index (Phi) is 10.5. The molecule has 3 rings (SSSR count). The molecule has 0 bridgehead atoms. The zero-order chi connectivity index (χ0) is 29.4. The second-order valence-corrected chi connectivity index (χ2v) is 12.0. The minimum absolute atomic E-state index is 0.0346. The van der Waals surface area contributed by atoms with Gasteiger partial charge in [0.25, 0.3) is 5.69 Å². The standard InChI is InChI=1S/C28H38N4O7S/c1-5-24(28(34)29-22-13-7-6-8-14-22)30(18-21-12-10-9-11-20(21)2)27(33)19-31(40(4,37)38)25-17-23(32(35)36)15-16-26(25)39-3/h9-12,15-17,22,24H,5-8,13-14,18-19H2,1-4H3,(H,29,34)/t24-/m0/s1. The lowest BCUT2D eigenvalue weighted by molar-refractivity contribution is -0.384. The van der Waals surface area contributed by atoms with Gasteiger partial charge in [-0.25, -0.2) is 8.42 Å². The monoisotopic (exact) mass is 574 g/mol. The molecule has 40 heavy (non-hydrogen) atoms. The van der Waals surface area contributed by atoms with Gasteiger partial charge in [-0.15, -0.1) is 0 Å². The summed E-state index contributed by atoms with van der Waals surface area (Å²) >= 11 is 0. The van der Waals surface area contributed by atoms with Gasteiger partial charge in [-0.05, 0) is 43.4 Å². The summed E-state index contributed by atoms with van der Waals surface area (Å²) in [7, 11) is -2.79. The quantitative estimate of drug-likeness (QED) is 0.299. The van der Waals surface area contributed by atoms with Crippen molar-refractivity contribution in [1.29, 1.82) is 0 Å². The summed E-state index contributed by atoms with van der Waals surface area (Å²) in [5, 5.41) is 14.5. The van der Waals surface area contributed by atoms with Crippen LogP contribution in [-0.2, 0) is 26.2 Å². The zero-order valence-electron chi connectivity index (χ0n) is 23.5. The Hall–Kier alpha value is -3.67. The topological polar surface area (TPSA) is 139 Å². The number of methoxy groups -OCH3 is 1. The summed E-state index contributed by atoms with van der Waals surface area (Å²) < 4.78 is 31.9. The molecule has 1 atom stereocenters. The van der Waals surface area contributed by atoms with Crippen molar-refractivity contribution in [1.82, 2.24) is 10.2 Å². The van der Waals surface area contributed by atoms with Crippen molar-refractivity contribution in [2.45, 2.75) is 71.0 Å². The fourth-order valence-electron chi connectivity index (χ4n) is 5.02. The van der Waals surface area contributed by atoms with E-state index in [-0.39, 0.29) is 35.6 Å². The minimum Gasteiger partial charge on any atom is -0.495 e. The van der Waals surface area contributed by atoms with Crippen LogP contribution in [0, 0.1) is 17.0 Å². The summed E-state index contributed by atoms with van der Waals surface area (Å²) in [6.45, 7) is 3.13. The predicted molar refractivity (Wildman–Crippen MR) is 153 cm³/mol. The van der Waals surface area contributed by atoms with Crippen molar-refractivity contribution >= 4 is 33.2 Å². The lowest BCUT2D eigenvalue weighted by atomic mass is 9.95. The molecule has 0 heterocycles. The molecule has 2 amide bonds. The second kappa shape index (κ2) is 13.6. The molecule has 0 aliphatic heterocycles. The number of aryl methyl sites for hydroxylation is 1. The van der Waals surface area contributed by atoms with Crippen LogP contribution in [0.2, 0.25) is 0 Å². The van der Waals surface area contributed by atoms with Crippen LogP contribution in [0.3, 0.4) is 0 Å². The molecule has 0 spiro atoms. The third kappa shape index (κ3) is 7.71. The Morgan fingerprint density at radius 2 is 1.82 bits per heavy atom. The first-order valence-corrected chi connectivity index (χ1v) is 15.3. The largest absolute Gasteiger partial charge is 0.495 e. The van der Waals surface area contributed by atoms with Crippen LogP contribution in [0.15, 0.2) is 42.5 Å². The van der Waals surface area contributed by atoms with Gasteiger partial charge in [0.05, 0.1) is 18.3 Å². The third-order valence-corrected chi connectivity index (χ3v) is 8.39. The van der Waals surface area contributed by atoms with Crippen molar-refractivity contribution in [3.8, 4) is 5.75 Å². The van der Waals surface area contributed by atoms with Gasteiger partial charge in [0.2, 0.25) is 21.8 Å². The summed E-state index contributed by atoms with van der Waals surface area (Å²) in [6, 6.07) is 10.2. The van der Waals surface area contributed by atoms with Crippen LogP contribution in [0.1, 0.15) is 56.6 Å². The third-order valence-electron chi connectivity index (χ3n) is 7.26. The number of carbonyl (C=O) groups is 2. The molecule has 2 aromatic rings. The average Bonchev–Trinajstić information content (AvgIpc) is 2.92. The zero-order valence-corrected chi connectivity index (χ0v) is 24.3. The molecule has 1 aliphatic rings. The molecular formula is C28H38N4O7S. The summed E-state index contributed by atoms with van der Waals surface area (Å²) in [6.07, 6.45) is 6.17. The molecule has 0 saturated heterocycles. The highest BCUT2D eigenvalue weighted by Crippen LogP contribution is 2.34. The van der Waals surface area contributed by atoms with E-state index in [0.29, 0.717) is 6.42 Å². The Morgan fingerprint density at radius 1 is 1.15 bits per heavy atom. The number of rotatable bonds is 12. The molecular weight excluding hydrogens is 536 g/mol. The first-order valence-electron chi connectivity index (χ1n) is 13.4. The molecule has 12 heteroatoms. The number of anilines is 1. The molecule has 0 aromatic heterocycles. The van der Waals surface area contributed by atoms with Crippen LogP contribution in [0.4, 0.5) is 11.4 Å². The van der Waals surface area contributed by atoms with Gasteiger partial charge in [0, 0.05) is 24.7 Å². The number of hydrogen-bond donors (Lipinski definition) is 1. The van der Waals surface area contributed by atoms with Crippen LogP contribution in [0.25, 0.3) is 0 Å². The number of ether oxygens (including phenoxy) is 1. The van der Waals surface area contributed by atoms with Crippen LogP contribution in [-0.4, -0.2) is 62.0 Å². The molecule has 11 nitrogen and oxygen atoms in total. The van der Waals surface area contributed by atoms with Gasteiger partial charge in [0.1, 0.15) is 24.0 Å². The Morgan fingerprint density at radius 3 is 2.40 bits per heavy atom. The number of amides is 2. The number of nitro groups is 1. The maximum atomic E-state index is 14.0. The molecule has 1 N–H and O–H groups in total. The lowest BCUT2D eigenvalue weighted by Gasteiger charge is -2.34. The SMILES string of the molecule is CC[C@@H](C(=O)NC1CCCCC1)N(Cc1ccccc1C)C(=O)CN(c1cc([N+](=O)[O-])ccc1OC)S(C)(=O)=O. The normalized spacial score (nSPS) is 14.7. The number of nitro benzene ring substituents is 1. The van der Waals surface area contributed by atoms with E-state index < -0.39 is 33.4 Å². The fourth-order valence-corrected chi connectivity index (χ4v) is 5.86. The molecule has 2 aromatic carbocycles. The van der Waals surface area contributed by atoms with Gasteiger partial charge in [-0.2, -0.15) is 0 Å². The number of sulfonamides is 1. The van der Waals surface area contributed by atoms with Gasteiger partial charge in [0.15, 0.2) is 0 Å². The van der Waals surface area contributed by atoms with Gasteiger partial charge in [-0.1, -0.05) is 50.5 Å². The number of nitrogens with zero attached hydrogens (tertiary/aromatic N) is 3. The van der Waals surface area contributed by atoms with E-state index in [1.165, 1.54) is 24.1 Å². The van der Waals surface area contributed by atoms with Crippen LogP contribution < -0.4 is 14.4 Å². The molecule has 218 valence electrons. The van der Waals surface area contributed by atoms with E-state index >= 15 is 0 Å². The number of benzene rings is 2. The van der Waals surface area contributed by atoms with Crippen molar-refractivity contribution in [2.75, 3.05) is 24.2 Å². The Labute approximate surface area is 235 Å². The van der Waals surface area contributed by atoms with Crippen LogP contribution >= 0.6 is 0 Å². The fraction of sp³-hybridized carbons (Fsp3) is 0.500. The highest BCUT2D eigenvalue weighted by molar-refractivity contribution is 7.92. The number of nitrogens with one attached hydrogen (secondary N) is 1. The van der Waals surface area contributed by atoms with E-state index in [0.717, 1.165) is 59.9 Å². The Bertz CT molecular complexity index is 1330. The maximum Gasteiger partial charge on any atom is 0.271 e. The highest BCUT2D eigenvalue weighted by atomic mass is 32.2. The van der Waals surface area contributed by atoms with Gasteiger partial charge in [-0.3, -0.25) is 24.0 Å². The molecule has 0 unspecified atom stereocenters. The van der Waals surface area contributed by atoms with Crippen LogP contribution in [0.5, 0.6) is 5.75 Å². The van der Waals surface area contributed by atoms with Gasteiger partial charge < -0.3 is 15.0 Å². The van der Waals surface area contributed by atoms with Crippen molar-refractivity contribution in [2.24, 2.45) is 0 Å². The van der Waals surface area contributed by atoms with E-state index in [2.05, 4.69) is 5.32 Å². The number of carbonyl (C=O) groups excluding carboxylic acids is 2. The molecule has 0 radical (unpaired) electrons. The van der Waals surface area contributed by atoms with E-state index in [1.54, 1.807) is 6.92 Å². The lowest BCUT2D eigenvalue weighted by Crippen LogP contribution is -2.54. The molecule has 1 aliphatic carbocycles.